The summed E-state index contributed by atoms with van der Waals surface area (Å²) in [5.74, 6) is 4.80. The molecular weight excluding hydrogens is 220 g/mol. The molecule has 0 aliphatic rings. The van der Waals surface area contributed by atoms with Crippen LogP contribution >= 0.6 is 0 Å². The Labute approximate surface area is 97.7 Å². The van der Waals surface area contributed by atoms with Crippen molar-refractivity contribution in [2.24, 2.45) is 0 Å². The van der Waals surface area contributed by atoms with Gasteiger partial charge in [0.1, 0.15) is 17.9 Å². The van der Waals surface area contributed by atoms with Crippen molar-refractivity contribution in [1.82, 2.24) is 9.38 Å². The van der Waals surface area contributed by atoms with Gasteiger partial charge in [-0.25, -0.2) is 9.78 Å². The molecule has 0 fully saturated rings. The van der Waals surface area contributed by atoms with E-state index < -0.39 is 5.97 Å². The minimum atomic E-state index is -0.458. The number of hydrogen-bond acceptors (Lipinski definition) is 4. The molecule has 1 N–H and O–H groups in total. The molecule has 0 aromatic carbocycles. The standard InChI is InChI=1S/C12H10N2O3/c1-17-12(16)10-7-9(3-2-6-15)8-11-13-4-5-14(10)11/h4-5,7-8,15H,6H2,1H3. The largest absolute Gasteiger partial charge is 0.464 e. The maximum absolute atomic E-state index is 11.6. The van der Waals surface area contributed by atoms with Gasteiger partial charge in [-0.3, -0.25) is 4.40 Å². The molecule has 2 aromatic heterocycles. The number of methoxy groups -OCH3 is 1. The van der Waals surface area contributed by atoms with Crippen molar-refractivity contribution in [1.29, 1.82) is 0 Å². The predicted octanol–water partition coefficient (Wildman–Crippen LogP) is 0.465. The first-order valence-corrected chi connectivity index (χ1v) is 4.91. The summed E-state index contributed by atoms with van der Waals surface area (Å²) in [6.07, 6.45) is 3.26. The number of rotatable bonds is 1. The molecule has 0 bridgehead atoms. The lowest BCUT2D eigenvalue weighted by Gasteiger charge is -2.04. The molecule has 0 unspecified atom stereocenters. The molecule has 2 aromatic rings. The van der Waals surface area contributed by atoms with Gasteiger partial charge >= 0.3 is 5.97 Å². The van der Waals surface area contributed by atoms with Crippen molar-refractivity contribution in [3.8, 4) is 11.8 Å². The molecule has 2 rings (SSSR count). The van der Waals surface area contributed by atoms with Crippen LogP contribution in [0, 0.1) is 11.8 Å². The van der Waals surface area contributed by atoms with Gasteiger partial charge in [0.05, 0.1) is 7.11 Å². The summed E-state index contributed by atoms with van der Waals surface area (Å²) >= 11 is 0. The number of carbonyl (C=O) groups is 1. The third-order valence-corrected chi connectivity index (χ3v) is 2.21. The lowest BCUT2D eigenvalue weighted by Crippen LogP contribution is -2.08. The van der Waals surface area contributed by atoms with Crippen LogP contribution in [0.4, 0.5) is 0 Å². The quantitative estimate of drug-likeness (QED) is 0.571. The monoisotopic (exact) mass is 230 g/mol. The van der Waals surface area contributed by atoms with E-state index in [0.717, 1.165) is 0 Å². The first-order valence-electron chi connectivity index (χ1n) is 4.91. The number of carbonyl (C=O) groups excluding carboxylic acids is 1. The smallest absolute Gasteiger partial charge is 0.355 e. The van der Waals surface area contributed by atoms with Crippen molar-refractivity contribution < 1.29 is 14.6 Å². The second-order valence-corrected chi connectivity index (χ2v) is 3.24. The van der Waals surface area contributed by atoms with E-state index in [1.165, 1.54) is 7.11 Å². The summed E-state index contributed by atoms with van der Waals surface area (Å²) in [5, 5.41) is 8.64. The van der Waals surface area contributed by atoms with Gasteiger partial charge in [-0.05, 0) is 12.1 Å². The van der Waals surface area contributed by atoms with Gasteiger partial charge in [0.2, 0.25) is 0 Å². The van der Waals surface area contributed by atoms with E-state index in [2.05, 4.69) is 21.6 Å². The third kappa shape index (κ3) is 2.12. The average molecular weight is 230 g/mol. The number of aliphatic hydroxyl groups excluding tert-OH is 1. The molecule has 5 heteroatoms. The Morgan fingerprint density at radius 2 is 2.41 bits per heavy atom. The van der Waals surface area contributed by atoms with Gasteiger partial charge in [0, 0.05) is 18.0 Å². The van der Waals surface area contributed by atoms with Crippen LogP contribution in [0.1, 0.15) is 16.1 Å². The fourth-order valence-electron chi connectivity index (χ4n) is 1.50. The highest BCUT2D eigenvalue weighted by Gasteiger charge is 2.11. The van der Waals surface area contributed by atoms with Gasteiger partial charge < -0.3 is 9.84 Å². The number of imidazole rings is 1. The van der Waals surface area contributed by atoms with Gasteiger partial charge in [-0.1, -0.05) is 11.8 Å². The summed E-state index contributed by atoms with van der Waals surface area (Å²) in [7, 11) is 1.32. The normalized spacial score (nSPS) is 9.76. The van der Waals surface area contributed by atoms with Gasteiger partial charge in [-0.15, -0.1) is 0 Å². The maximum Gasteiger partial charge on any atom is 0.355 e. The lowest BCUT2D eigenvalue weighted by molar-refractivity contribution is 0.0592. The molecule has 0 amide bonds. The van der Waals surface area contributed by atoms with Gasteiger partial charge in [-0.2, -0.15) is 0 Å². The highest BCUT2D eigenvalue weighted by molar-refractivity contribution is 5.89. The van der Waals surface area contributed by atoms with Crippen LogP contribution in [0.15, 0.2) is 24.5 Å². The highest BCUT2D eigenvalue weighted by Crippen LogP contribution is 2.11. The minimum absolute atomic E-state index is 0.229. The number of aliphatic hydroxyl groups is 1. The molecule has 0 spiro atoms. The van der Waals surface area contributed by atoms with Crippen LogP contribution in [-0.2, 0) is 4.74 Å². The topological polar surface area (TPSA) is 63.8 Å². The van der Waals surface area contributed by atoms with Crippen LogP contribution in [0.25, 0.3) is 5.65 Å². The van der Waals surface area contributed by atoms with Crippen LogP contribution in [0.2, 0.25) is 0 Å². The van der Waals surface area contributed by atoms with Crippen molar-refractivity contribution in [2.75, 3.05) is 13.7 Å². The van der Waals surface area contributed by atoms with Gasteiger partial charge in [0.25, 0.3) is 0 Å². The van der Waals surface area contributed by atoms with E-state index in [-0.39, 0.29) is 6.61 Å². The van der Waals surface area contributed by atoms with E-state index >= 15 is 0 Å². The molecule has 0 saturated heterocycles. The Morgan fingerprint density at radius 1 is 1.59 bits per heavy atom. The van der Waals surface area contributed by atoms with Crippen molar-refractivity contribution in [3.05, 3.63) is 35.8 Å². The number of aromatic nitrogens is 2. The maximum atomic E-state index is 11.6. The molecule has 0 saturated carbocycles. The molecule has 0 radical (unpaired) electrons. The molecule has 0 aliphatic heterocycles. The molecule has 17 heavy (non-hydrogen) atoms. The van der Waals surface area contributed by atoms with E-state index in [0.29, 0.717) is 16.9 Å². The molecule has 5 nitrogen and oxygen atoms in total. The zero-order valence-electron chi connectivity index (χ0n) is 9.17. The lowest BCUT2D eigenvalue weighted by atomic mass is 10.2. The molecule has 2 heterocycles. The SMILES string of the molecule is COC(=O)c1cc(C#CCO)cc2nccn12. The van der Waals surface area contributed by atoms with Crippen molar-refractivity contribution >= 4 is 11.6 Å². The molecular formula is C12H10N2O3. The van der Waals surface area contributed by atoms with Crippen LogP contribution in [-0.4, -0.2) is 34.2 Å². The fraction of sp³-hybridized carbons (Fsp3) is 0.167. The van der Waals surface area contributed by atoms with Crippen molar-refractivity contribution in [3.63, 3.8) is 0 Å². The second kappa shape index (κ2) is 4.68. The summed E-state index contributed by atoms with van der Waals surface area (Å²) in [5.41, 5.74) is 1.57. The van der Waals surface area contributed by atoms with Gasteiger partial charge in [0.15, 0.2) is 0 Å². The Kier molecular flexibility index (Phi) is 3.08. The number of fused-ring (bicyclic) bond motifs is 1. The summed E-state index contributed by atoms with van der Waals surface area (Å²) in [6.45, 7) is -0.229. The van der Waals surface area contributed by atoms with Crippen molar-refractivity contribution in [2.45, 2.75) is 0 Å². The molecule has 0 aliphatic carbocycles. The van der Waals surface area contributed by atoms with Crippen LogP contribution in [0.5, 0.6) is 0 Å². The van der Waals surface area contributed by atoms with Crippen LogP contribution in [0.3, 0.4) is 0 Å². The summed E-state index contributed by atoms with van der Waals surface area (Å²) in [6, 6.07) is 3.33. The second-order valence-electron chi connectivity index (χ2n) is 3.24. The van der Waals surface area contributed by atoms with E-state index in [4.69, 9.17) is 5.11 Å². The highest BCUT2D eigenvalue weighted by atomic mass is 16.5. The molecule has 86 valence electrons. The third-order valence-electron chi connectivity index (χ3n) is 2.21. The van der Waals surface area contributed by atoms with E-state index in [9.17, 15) is 4.79 Å². The zero-order valence-corrected chi connectivity index (χ0v) is 9.17. The number of esters is 1. The minimum Gasteiger partial charge on any atom is -0.464 e. The van der Waals surface area contributed by atoms with Crippen LogP contribution < -0.4 is 0 Å². The summed E-state index contributed by atoms with van der Waals surface area (Å²) < 4.78 is 6.31. The molecule has 0 atom stereocenters. The summed E-state index contributed by atoms with van der Waals surface area (Å²) in [4.78, 5) is 15.7. The Hall–Kier alpha value is -2.32. The van der Waals surface area contributed by atoms with E-state index in [1.807, 2.05) is 0 Å². The number of ether oxygens (including phenoxy) is 1. The first-order chi connectivity index (χ1) is 8.26. The van der Waals surface area contributed by atoms with E-state index in [1.54, 1.807) is 28.9 Å². The first kappa shape index (κ1) is 11.2. The predicted molar refractivity (Wildman–Crippen MR) is 60.5 cm³/mol. The fourth-order valence-corrected chi connectivity index (χ4v) is 1.50. The number of nitrogens with zero attached hydrogens (tertiary/aromatic N) is 2. The Balaban J connectivity index is 2.62. The number of hydrogen-bond donors (Lipinski definition) is 1. The Morgan fingerprint density at radius 3 is 3.12 bits per heavy atom. The average Bonchev–Trinajstić information content (AvgIpc) is 2.82. The Bertz CT molecular complexity index is 619. The number of pyridine rings is 1. The zero-order chi connectivity index (χ0) is 12.3.